The molecule has 138 valence electrons. The molecule has 1 aliphatic carbocycles. The maximum absolute atomic E-state index is 5.68. The topological polar surface area (TPSA) is 41.3 Å². The fourth-order valence-electron chi connectivity index (χ4n) is 4.38. The van der Waals surface area contributed by atoms with Gasteiger partial charge in [-0.15, -0.1) is 49.0 Å². The van der Waals surface area contributed by atoms with Crippen LogP contribution in [0.4, 0.5) is 0 Å². The highest BCUT2D eigenvalue weighted by atomic mass is 35.5. The molecule has 0 aromatic heterocycles. The summed E-state index contributed by atoms with van der Waals surface area (Å²) in [5.41, 5.74) is 9.30. The maximum Gasteiger partial charge on any atom is 0.0589 e. The number of nitrogens with two attached hydrogens (primary N) is 1. The Labute approximate surface area is 168 Å². The molecule has 0 bridgehead atoms. The molecule has 24 heavy (non-hydrogen) atoms. The van der Waals surface area contributed by atoms with E-state index in [1.165, 1.54) is 44.9 Å². The van der Waals surface area contributed by atoms with Crippen LogP contribution >= 0.6 is 49.0 Å². The summed E-state index contributed by atoms with van der Waals surface area (Å²) in [6.45, 7) is 1.66. The fourth-order valence-corrected chi connectivity index (χ4v) is 6.12. The molecule has 1 saturated heterocycles. The van der Waals surface area contributed by atoms with Crippen LogP contribution in [0.25, 0.3) is 0 Å². The van der Waals surface area contributed by atoms with Crippen molar-refractivity contribution < 1.29 is 0 Å². The second kappa shape index (κ2) is 9.20. The molecule has 4 rings (SSSR count). The van der Waals surface area contributed by atoms with Gasteiger partial charge in [0.25, 0.3) is 0 Å². The summed E-state index contributed by atoms with van der Waals surface area (Å²) in [6, 6.07) is 0. The Kier molecular flexibility index (Phi) is 8.51. The largest absolute Gasteiger partial charge is 0.329 e. The van der Waals surface area contributed by atoms with Gasteiger partial charge in [-0.3, -0.25) is 0 Å². The van der Waals surface area contributed by atoms with Gasteiger partial charge >= 0.3 is 0 Å². The number of halogens is 3. The van der Waals surface area contributed by atoms with Crippen LogP contribution < -0.4 is 11.1 Å². The van der Waals surface area contributed by atoms with E-state index in [9.17, 15) is 0 Å². The number of nitrogens with one attached hydrogen (secondary N) is 1. The molecule has 1 unspecified atom stereocenters. The summed E-state index contributed by atoms with van der Waals surface area (Å²) < 4.78 is 0. The Hall–Kier alpha value is 0.160. The molecule has 0 radical (unpaired) electrons. The average Bonchev–Trinajstić information content (AvgIpc) is 2.89. The van der Waals surface area contributed by atoms with Gasteiger partial charge in [0.05, 0.1) is 5.37 Å². The van der Waals surface area contributed by atoms with Crippen molar-refractivity contribution in [1.29, 1.82) is 0 Å². The molecular weight excluding hydrogens is 385 g/mol. The van der Waals surface area contributed by atoms with Crippen molar-refractivity contribution in [3.63, 3.8) is 0 Å². The molecule has 0 aromatic rings. The molecule has 1 spiro atoms. The zero-order chi connectivity index (χ0) is 14.3. The van der Waals surface area contributed by atoms with E-state index in [0.29, 0.717) is 10.8 Å². The lowest BCUT2D eigenvalue weighted by Gasteiger charge is -2.44. The molecule has 7 heteroatoms. The number of fused-ring (bicyclic) bond motifs is 1. The molecule has 3 heterocycles. The molecule has 1 saturated carbocycles. The zero-order valence-corrected chi connectivity index (χ0v) is 17.1. The van der Waals surface area contributed by atoms with E-state index in [-0.39, 0.29) is 37.2 Å². The summed E-state index contributed by atoms with van der Waals surface area (Å²) in [5.74, 6) is 0. The number of rotatable bonds is 3. The van der Waals surface area contributed by atoms with Crippen LogP contribution in [-0.2, 0) is 0 Å². The van der Waals surface area contributed by atoms with Crippen LogP contribution in [0, 0.1) is 5.41 Å². The number of nitrogens with zero attached hydrogens (tertiary/aromatic N) is 1. The molecular formula is C17H28Cl3N3S. The third kappa shape index (κ3) is 3.65. The molecule has 2 fully saturated rings. The van der Waals surface area contributed by atoms with Gasteiger partial charge in [-0.1, -0.05) is 12.5 Å². The first-order valence-electron chi connectivity index (χ1n) is 8.33. The summed E-state index contributed by atoms with van der Waals surface area (Å²) >= 11 is 2.09. The summed E-state index contributed by atoms with van der Waals surface area (Å²) in [5, 5.41) is 4.20. The van der Waals surface area contributed by atoms with Crippen LogP contribution in [0.3, 0.4) is 0 Å². The molecule has 0 amide bonds. The van der Waals surface area contributed by atoms with Crippen molar-refractivity contribution in [1.82, 2.24) is 10.2 Å². The van der Waals surface area contributed by atoms with Crippen molar-refractivity contribution in [3.8, 4) is 0 Å². The molecule has 2 atom stereocenters. The molecule has 3 N–H and O–H groups in total. The number of hydrogen-bond donors (Lipinski definition) is 2. The van der Waals surface area contributed by atoms with E-state index in [2.05, 4.69) is 40.5 Å². The lowest BCUT2D eigenvalue weighted by atomic mass is 9.66. The lowest BCUT2D eigenvalue weighted by molar-refractivity contribution is 0.294. The normalized spacial score (nSPS) is 30.1. The van der Waals surface area contributed by atoms with Crippen LogP contribution in [0.5, 0.6) is 0 Å². The van der Waals surface area contributed by atoms with E-state index in [4.69, 9.17) is 5.73 Å². The molecule has 3 nitrogen and oxygen atoms in total. The van der Waals surface area contributed by atoms with Gasteiger partial charge in [0.1, 0.15) is 0 Å². The lowest BCUT2D eigenvalue weighted by Crippen LogP contribution is -2.35. The van der Waals surface area contributed by atoms with Gasteiger partial charge in [0, 0.05) is 41.5 Å². The number of thioether (sulfide) groups is 1. The van der Waals surface area contributed by atoms with Crippen molar-refractivity contribution in [2.75, 3.05) is 13.1 Å². The Morgan fingerprint density at radius 2 is 2.08 bits per heavy atom. The van der Waals surface area contributed by atoms with E-state index in [1.807, 2.05) is 0 Å². The van der Waals surface area contributed by atoms with Gasteiger partial charge in [0.2, 0.25) is 0 Å². The number of allylic oxidation sites excluding steroid dienone is 4. The van der Waals surface area contributed by atoms with Crippen LogP contribution in [0.2, 0.25) is 0 Å². The zero-order valence-electron chi connectivity index (χ0n) is 13.8. The van der Waals surface area contributed by atoms with E-state index in [0.717, 1.165) is 13.1 Å². The Morgan fingerprint density at radius 3 is 2.88 bits per heavy atom. The third-order valence-corrected chi connectivity index (χ3v) is 6.82. The smallest absolute Gasteiger partial charge is 0.0589 e. The predicted molar refractivity (Wildman–Crippen MR) is 111 cm³/mol. The minimum absolute atomic E-state index is 0. The molecule has 0 aromatic carbocycles. The van der Waals surface area contributed by atoms with Crippen molar-refractivity contribution >= 4 is 49.0 Å². The first-order valence-corrected chi connectivity index (χ1v) is 9.21. The highest BCUT2D eigenvalue weighted by molar-refractivity contribution is 8.04. The first kappa shape index (κ1) is 22.2. The Balaban J connectivity index is 0.000000960. The van der Waals surface area contributed by atoms with Crippen LogP contribution in [-0.4, -0.2) is 23.4 Å². The van der Waals surface area contributed by atoms with E-state index in [1.54, 1.807) is 16.2 Å². The minimum Gasteiger partial charge on any atom is -0.329 e. The highest BCUT2D eigenvalue weighted by Gasteiger charge is 2.51. The second-order valence-corrected chi connectivity index (χ2v) is 7.82. The number of hydrogen-bond acceptors (Lipinski definition) is 4. The summed E-state index contributed by atoms with van der Waals surface area (Å²) in [4.78, 5) is 4.09. The fraction of sp³-hybridized carbons (Fsp3) is 0.647. The monoisotopic (exact) mass is 411 g/mol. The van der Waals surface area contributed by atoms with Gasteiger partial charge in [-0.2, -0.15) is 0 Å². The average molecular weight is 413 g/mol. The van der Waals surface area contributed by atoms with Gasteiger partial charge < -0.3 is 16.0 Å². The van der Waals surface area contributed by atoms with Crippen molar-refractivity contribution in [2.45, 2.75) is 50.3 Å². The first-order chi connectivity index (χ1) is 10.3. The quantitative estimate of drug-likeness (QED) is 0.714. The van der Waals surface area contributed by atoms with Gasteiger partial charge in [-0.25, -0.2) is 0 Å². The molecule has 3 aliphatic heterocycles. The predicted octanol–water partition coefficient (Wildman–Crippen LogP) is 4.54. The van der Waals surface area contributed by atoms with Crippen molar-refractivity contribution in [3.05, 3.63) is 34.7 Å². The standard InChI is InChI=1S/C17H25N3S.3ClH/c18-8-9-19-15-11-17-7-3-1-5-13(17)12-20-10-4-2-6-14(20)16(17)21-15;;;/h4,10,12,15,19H,1-3,5-9,11,18H2;3*1H/t15-,17?;;;/m1.../s1. The van der Waals surface area contributed by atoms with Crippen molar-refractivity contribution in [2.24, 2.45) is 11.1 Å². The van der Waals surface area contributed by atoms with Crippen LogP contribution in [0.15, 0.2) is 34.7 Å². The summed E-state index contributed by atoms with van der Waals surface area (Å²) in [6.07, 6.45) is 16.1. The summed E-state index contributed by atoms with van der Waals surface area (Å²) in [7, 11) is 0. The Morgan fingerprint density at radius 1 is 1.25 bits per heavy atom. The Bertz CT molecular complexity index is 535. The SMILES string of the molecule is Cl.Cl.Cl.NCCN[C@H]1CC23CCCCC2=CN2C=CCCC2=C3S1. The third-order valence-electron chi connectivity index (χ3n) is 5.34. The molecule has 4 aliphatic rings. The van der Waals surface area contributed by atoms with Gasteiger partial charge in [0.15, 0.2) is 0 Å². The van der Waals surface area contributed by atoms with Gasteiger partial charge in [-0.05, 0) is 44.1 Å². The minimum atomic E-state index is 0. The van der Waals surface area contributed by atoms with Crippen LogP contribution in [0.1, 0.15) is 44.9 Å². The van der Waals surface area contributed by atoms with E-state index < -0.39 is 0 Å². The maximum atomic E-state index is 5.68. The second-order valence-electron chi connectivity index (χ2n) is 6.60. The van der Waals surface area contributed by atoms with E-state index >= 15 is 0 Å². The highest BCUT2D eigenvalue weighted by Crippen LogP contribution is 2.63.